The first kappa shape index (κ1) is 15.7. The van der Waals surface area contributed by atoms with Gasteiger partial charge in [-0.2, -0.15) is 0 Å². The number of benzene rings is 1. The predicted octanol–water partition coefficient (Wildman–Crippen LogP) is 4.51. The second-order valence-electron chi connectivity index (χ2n) is 6.17. The van der Waals surface area contributed by atoms with Crippen LogP contribution in [-0.4, -0.2) is 12.6 Å². The summed E-state index contributed by atoms with van der Waals surface area (Å²) in [5, 5.41) is 5.59. The van der Waals surface area contributed by atoms with Crippen LogP contribution in [0.4, 0.5) is 11.4 Å². The number of hydrogen-bond acceptors (Lipinski definition) is 4. The summed E-state index contributed by atoms with van der Waals surface area (Å²) in [6.07, 6.45) is 0.141. The number of nitrogen functional groups attached to an aromatic ring is 1. The number of nitrogens with one attached hydrogen (secondary N) is 1. The Hall–Kier alpha value is -1.68. The van der Waals surface area contributed by atoms with Crippen molar-refractivity contribution in [3.63, 3.8) is 0 Å². The first-order valence-electron chi connectivity index (χ1n) is 7.22. The standard InChI is InChI=1S/C17H24N2OS/c1-12(2)20-15-9-13(18)8-14(10-15)19-11-17(3,4)16-6-5-7-21-16/h5-10,12,19H,11,18H2,1-4H3. The molecule has 2 aromatic rings. The predicted molar refractivity (Wildman–Crippen MR) is 92.5 cm³/mol. The van der Waals surface area contributed by atoms with Gasteiger partial charge >= 0.3 is 0 Å². The lowest BCUT2D eigenvalue weighted by Gasteiger charge is -2.24. The Balaban J connectivity index is 2.07. The van der Waals surface area contributed by atoms with E-state index in [0.29, 0.717) is 5.69 Å². The number of thiophene rings is 1. The fourth-order valence-electron chi connectivity index (χ4n) is 2.14. The summed E-state index contributed by atoms with van der Waals surface area (Å²) in [5.74, 6) is 0.807. The van der Waals surface area contributed by atoms with Crippen LogP contribution in [-0.2, 0) is 5.41 Å². The largest absolute Gasteiger partial charge is 0.491 e. The first-order chi connectivity index (χ1) is 9.87. The molecule has 0 saturated carbocycles. The number of ether oxygens (including phenoxy) is 1. The molecule has 4 heteroatoms. The van der Waals surface area contributed by atoms with Crippen molar-refractivity contribution in [3.05, 3.63) is 40.6 Å². The number of rotatable bonds is 6. The van der Waals surface area contributed by atoms with Crippen molar-refractivity contribution < 1.29 is 4.74 Å². The Kier molecular flexibility index (Phi) is 4.78. The quantitative estimate of drug-likeness (QED) is 0.772. The van der Waals surface area contributed by atoms with Crippen molar-refractivity contribution in [2.24, 2.45) is 0 Å². The summed E-state index contributed by atoms with van der Waals surface area (Å²) in [6.45, 7) is 9.35. The van der Waals surface area contributed by atoms with E-state index in [4.69, 9.17) is 10.5 Å². The van der Waals surface area contributed by atoms with Gasteiger partial charge in [0.05, 0.1) is 6.10 Å². The molecule has 1 aromatic carbocycles. The van der Waals surface area contributed by atoms with Crippen LogP contribution in [0.15, 0.2) is 35.7 Å². The molecule has 3 N–H and O–H groups in total. The molecule has 0 amide bonds. The molecule has 3 nitrogen and oxygen atoms in total. The summed E-state index contributed by atoms with van der Waals surface area (Å²) in [6, 6.07) is 10.1. The zero-order chi connectivity index (χ0) is 15.5. The highest BCUT2D eigenvalue weighted by Crippen LogP contribution is 2.29. The minimum absolute atomic E-state index is 0.0812. The highest BCUT2D eigenvalue weighted by molar-refractivity contribution is 7.10. The zero-order valence-corrected chi connectivity index (χ0v) is 14.0. The molecule has 0 aliphatic rings. The molecule has 0 unspecified atom stereocenters. The molecule has 0 bridgehead atoms. The van der Waals surface area contributed by atoms with Crippen molar-refractivity contribution in [2.75, 3.05) is 17.6 Å². The maximum Gasteiger partial charge on any atom is 0.123 e. The van der Waals surface area contributed by atoms with E-state index in [1.165, 1.54) is 4.88 Å². The van der Waals surface area contributed by atoms with Crippen LogP contribution in [0.5, 0.6) is 5.75 Å². The van der Waals surface area contributed by atoms with E-state index in [9.17, 15) is 0 Å². The lowest BCUT2D eigenvalue weighted by Crippen LogP contribution is -2.26. The highest BCUT2D eigenvalue weighted by Gasteiger charge is 2.21. The molecule has 21 heavy (non-hydrogen) atoms. The summed E-state index contributed by atoms with van der Waals surface area (Å²) in [4.78, 5) is 1.37. The van der Waals surface area contributed by atoms with Gasteiger partial charge in [0.15, 0.2) is 0 Å². The lowest BCUT2D eigenvalue weighted by atomic mass is 9.91. The Morgan fingerprint density at radius 1 is 1.29 bits per heavy atom. The smallest absolute Gasteiger partial charge is 0.123 e. The second kappa shape index (κ2) is 6.39. The van der Waals surface area contributed by atoms with E-state index in [1.807, 2.05) is 32.0 Å². The van der Waals surface area contributed by atoms with Gasteiger partial charge in [0.2, 0.25) is 0 Å². The van der Waals surface area contributed by atoms with E-state index in [1.54, 1.807) is 11.3 Å². The van der Waals surface area contributed by atoms with Gasteiger partial charge in [0.1, 0.15) is 5.75 Å². The molecule has 114 valence electrons. The molecule has 1 aromatic heterocycles. The molecule has 0 fully saturated rings. The second-order valence-corrected chi connectivity index (χ2v) is 7.12. The average molecular weight is 304 g/mol. The van der Waals surface area contributed by atoms with Crippen molar-refractivity contribution in [3.8, 4) is 5.75 Å². The van der Waals surface area contributed by atoms with Crippen molar-refractivity contribution in [1.29, 1.82) is 0 Å². The van der Waals surface area contributed by atoms with Crippen LogP contribution < -0.4 is 15.8 Å². The van der Waals surface area contributed by atoms with Gasteiger partial charge < -0.3 is 15.8 Å². The average Bonchev–Trinajstić information content (AvgIpc) is 2.89. The summed E-state index contributed by atoms with van der Waals surface area (Å²) < 4.78 is 5.72. The third kappa shape index (κ3) is 4.39. The van der Waals surface area contributed by atoms with Crippen LogP contribution in [0, 0.1) is 0 Å². The molecule has 0 radical (unpaired) electrons. The highest BCUT2D eigenvalue weighted by atomic mass is 32.1. The number of hydrogen-bond donors (Lipinski definition) is 2. The molecular weight excluding hydrogens is 280 g/mol. The van der Waals surface area contributed by atoms with Crippen LogP contribution in [0.2, 0.25) is 0 Å². The summed E-state index contributed by atoms with van der Waals surface area (Å²) >= 11 is 1.79. The minimum atomic E-state index is 0.0812. The Labute approximate surface area is 131 Å². The summed E-state index contributed by atoms with van der Waals surface area (Å²) in [5.41, 5.74) is 7.74. The molecule has 0 atom stereocenters. The Bertz CT molecular complexity index is 576. The van der Waals surface area contributed by atoms with E-state index in [2.05, 4.69) is 36.7 Å². The molecule has 0 aliphatic heterocycles. The maximum atomic E-state index is 5.95. The van der Waals surface area contributed by atoms with Gasteiger partial charge in [-0.25, -0.2) is 0 Å². The monoisotopic (exact) mass is 304 g/mol. The van der Waals surface area contributed by atoms with Gasteiger partial charge in [-0.15, -0.1) is 11.3 Å². The fourth-order valence-corrected chi connectivity index (χ4v) is 2.99. The van der Waals surface area contributed by atoms with Gasteiger partial charge in [-0.3, -0.25) is 0 Å². The maximum absolute atomic E-state index is 5.95. The Morgan fingerprint density at radius 2 is 2.05 bits per heavy atom. The van der Waals surface area contributed by atoms with Crippen molar-refractivity contribution in [1.82, 2.24) is 0 Å². The number of anilines is 2. The third-order valence-electron chi connectivity index (χ3n) is 3.22. The molecular formula is C17H24N2OS. The Morgan fingerprint density at radius 3 is 2.67 bits per heavy atom. The van der Waals surface area contributed by atoms with Gasteiger partial charge in [0.25, 0.3) is 0 Å². The van der Waals surface area contributed by atoms with Gasteiger partial charge in [0, 0.05) is 40.3 Å². The van der Waals surface area contributed by atoms with Gasteiger partial charge in [-0.05, 0) is 31.4 Å². The van der Waals surface area contributed by atoms with Crippen molar-refractivity contribution >= 4 is 22.7 Å². The minimum Gasteiger partial charge on any atom is -0.491 e. The van der Waals surface area contributed by atoms with Crippen LogP contribution in [0.1, 0.15) is 32.6 Å². The van der Waals surface area contributed by atoms with Gasteiger partial charge in [-0.1, -0.05) is 19.9 Å². The lowest BCUT2D eigenvalue weighted by molar-refractivity contribution is 0.242. The van der Waals surface area contributed by atoms with Crippen LogP contribution >= 0.6 is 11.3 Å². The fraction of sp³-hybridized carbons (Fsp3) is 0.412. The van der Waals surface area contributed by atoms with E-state index >= 15 is 0 Å². The SMILES string of the molecule is CC(C)Oc1cc(N)cc(NCC(C)(C)c2cccs2)c1. The number of nitrogens with two attached hydrogens (primary N) is 1. The van der Waals surface area contributed by atoms with Crippen molar-refractivity contribution in [2.45, 2.75) is 39.2 Å². The molecule has 2 rings (SSSR count). The zero-order valence-electron chi connectivity index (χ0n) is 13.1. The van der Waals surface area contributed by atoms with E-state index in [-0.39, 0.29) is 11.5 Å². The van der Waals surface area contributed by atoms with E-state index < -0.39 is 0 Å². The molecule has 0 spiro atoms. The normalized spacial score (nSPS) is 11.7. The first-order valence-corrected chi connectivity index (χ1v) is 8.10. The topological polar surface area (TPSA) is 47.3 Å². The molecule has 0 aliphatic carbocycles. The molecule has 0 saturated heterocycles. The van der Waals surface area contributed by atoms with E-state index in [0.717, 1.165) is 18.0 Å². The summed E-state index contributed by atoms with van der Waals surface area (Å²) in [7, 11) is 0. The van der Waals surface area contributed by atoms with Crippen LogP contribution in [0.3, 0.4) is 0 Å². The molecule has 1 heterocycles. The van der Waals surface area contributed by atoms with Crippen LogP contribution in [0.25, 0.3) is 0 Å². The third-order valence-corrected chi connectivity index (χ3v) is 4.46.